The van der Waals surface area contributed by atoms with Crippen molar-refractivity contribution in [3.8, 4) is 0 Å². The summed E-state index contributed by atoms with van der Waals surface area (Å²) in [5.41, 5.74) is 6.52. The lowest BCUT2D eigenvalue weighted by Gasteiger charge is -2.46. The first kappa shape index (κ1) is 13.4. The SMILES string of the molecule is CCCC1CCN(C2(CN)CCCC(C)C2)C1. The number of hydrogen-bond acceptors (Lipinski definition) is 2. The van der Waals surface area contributed by atoms with Gasteiger partial charge in [0.2, 0.25) is 0 Å². The molecule has 2 rings (SSSR count). The summed E-state index contributed by atoms with van der Waals surface area (Å²) >= 11 is 0. The highest BCUT2D eigenvalue weighted by Crippen LogP contribution is 2.39. The fourth-order valence-corrected chi connectivity index (χ4v) is 4.14. The summed E-state index contributed by atoms with van der Waals surface area (Å²) in [6.45, 7) is 8.20. The second-order valence-electron chi connectivity index (χ2n) is 6.52. The summed E-state index contributed by atoms with van der Waals surface area (Å²) in [5, 5.41) is 0. The molecule has 1 saturated heterocycles. The Morgan fingerprint density at radius 1 is 1.35 bits per heavy atom. The average molecular weight is 238 g/mol. The normalized spacial score (nSPS) is 39.7. The summed E-state index contributed by atoms with van der Waals surface area (Å²) in [4.78, 5) is 2.75. The van der Waals surface area contributed by atoms with Gasteiger partial charge in [0.05, 0.1) is 0 Å². The maximum atomic E-state index is 6.16. The highest BCUT2D eigenvalue weighted by Gasteiger charge is 2.41. The van der Waals surface area contributed by atoms with Gasteiger partial charge >= 0.3 is 0 Å². The first-order valence-corrected chi connectivity index (χ1v) is 7.65. The van der Waals surface area contributed by atoms with Gasteiger partial charge < -0.3 is 5.73 Å². The lowest BCUT2D eigenvalue weighted by atomic mass is 9.75. The van der Waals surface area contributed by atoms with Crippen LogP contribution >= 0.6 is 0 Å². The third-order valence-electron chi connectivity index (χ3n) is 5.10. The molecule has 17 heavy (non-hydrogen) atoms. The molecule has 2 nitrogen and oxygen atoms in total. The van der Waals surface area contributed by atoms with E-state index in [0.717, 1.165) is 18.4 Å². The average Bonchev–Trinajstić information content (AvgIpc) is 2.78. The summed E-state index contributed by atoms with van der Waals surface area (Å²) in [7, 11) is 0. The first-order chi connectivity index (χ1) is 8.20. The van der Waals surface area contributed by atoms with Crippen LogP contribution in [0.4, 0.5) is 0 Å². The van der Waals surface area contributed by atoms with Crippen molar-refractivity contribution < 1.29 is 0 Å². The molecule has 2 N–H and O–H groups in total. The van der Waals surface area contributed by atoms with Crippen LogP contribution in [0.5, 0.6) is 0 Å². The molecule has 2 aliphatic rings. The fraction of sp³-hybridized carbons (Fsp3) is 1.00. The largest absolute Gasteiger partial charge is 0.329 e. The molecule has 0 spiro atoms. The molecule has 1 aliphatic carbocycles. The second kappa shape index (κ2) is 5.71. The van der Waals surface area contributed by atoms with E-state index in [9.17, 15) is 0 Å². The Labute approximate surface area is 107 Å². The highest BCUT2D eigenvalue weighted by atomic mass is 15.2. The topological polar surface area (TPSA) is 29.3 Å². The molecule has 0 aromatic heterocycles. The van der Waals surface area contributed by atoms with Crippen molar-refractivity contribution >= 4 is 0 Å². The minimum atomic E-state index is 0.361. The first-order valence-electron chi connectivity index (χ1n) is 7.65. The van der Waals surface area contributed by atoms with Crippen molar-refractivity contribution in [2.75, 3.05) is 19.6 Å². The van der Waals surface area contributed by atoms with Gasteiger partial charge in [-0.3, -0.25) is 4.90 Å². The third-order valence-corrected chi connectivity index (χ3v) is 5.10. The van der Waals surface area contributed by atoms with Gasteiger partial charge in [0.1, 0.15) is 0 Å². The van der Waals surface area contributed by atoms with Crippen molar-refractivity contribution in [3.05, 3.63) is 0 Å². The van der Waals surface area contributed by atoms with Crippen LogP contribution in [-0.4, -0.2) is 30.1 Å². The molecule has 2 heteroatoms. The molecule has 1 saturated carbocycles. The summed E-state index contributed by atoms with van der Waals surface area (Å²) in [6.07, 6.45) is 9.62. The van der Waals surface area contributed by atoms with Crippen molar-refractivity contribution in [2.24, 2.45) is 17.6 Å². The number of nitrogens with two attached hydrogens (primary N) is 1. The molecule has 2 fully saturated rings. The fourth-order valence-electron chi connectivity index (χ4n) is 4.14. The van der Waals surface area contributed by atoms with E-state index >= 15 is 0 Å². The Bertz CT molecular complexity index is 241. The van der Waals surface area contributed by atoms with Crippen LogP contribution < -0.4 is 5.73 Å². The van der Waals surface area contributed by atoms with E-state index in [1.165, 1.54) is 58.0 Å². The molecule has 3 unspecified atom stereocenters. The Hall–Kier alpha value is -0.0800. The van der Waals surface area contributed by atoms with Gasteiger partial charge in [0.25, 0.3) is 0 Å². The van der Waals surface area contributed by atoms with E-state index < -0.39 is 0 Å². The Balaban J connectivity index is 1.98. The van der Waals surface area contributed by atoms with Crippen LogP contribution in [0.15, 0.2) is 0 Å². The van der Waals surface area contributed by atoms with E-state index in [1.807, 2.05) is 0 Å². The number of hydrogen-bond donors (Lipinski definition) is 1. The highest BCUT2D eigenvalue weighted by molar-refractivity contribution is 4.98. The Morgan fingerprint density at radius 2 is 2.18 bits per heavy atom. The Kier molecular flexibility index (Phi) is 4.48. The van der Waals surface area contributed by atoms with Gasteiger partial charge in [-0.15, -0.1) is 0 Å². The summed E-state index contributed by atoms with van der Waals surface area (Å²) in [5.74, 6) is 1.82. The maximum Gasteiger partial charge on any atom is 0.0334 e. The second-order valence-corrected chi connectivity index (χ2v) is 6.52. The van der Waals surface area contributed by atoms with Gasteiger partial charge in [-0.25, -0.2) is 0 Å². The standard InChI is InChI=1S/C15H30N2/c1-3-5-14-7-9-17(11-14)15(12-16)8-4-6-13(2)10-15/h13-14H,3-12,16H2,1-2H3. The summed E-state index contributed by atoms with van der Waals surface area (Å²) in [6, 6.07) is 0. The predicted molar refractivity (Wildman–Crippen MR) is 74.0 cm³/mol. The number of likely N-dealkylation sites (tertiary alicyclic amines) is 1. The van der Waals surface area contributed by atoms with Crippen LogP contribution in [0.3, 0.4) is 0 Å². The van der Waals surface area contributed by atoms with Crippen LogP contribution in [-0.2, 0) is 0 Å². The van der Waals surface area contributed by atoms with Gasteiger partial charge in [0, 0.05) is 18.6 Å². The minimum Gasteiger partial charge on any atom is -0.329 e. The van der Waals surface area contributed by atoms with E-state index in [1.54, 1.807) is 0 Å². The predicted octanol–water partition coefficient (Wildman–Crippen LogP) is 3.02. The zero-order valence-corrected chi connectivity index (χ0v) is 11.8. The van der Waals surface area contributed by atoms with Crippen LogP contribution in [0, 0.1) is 11.8 Å². The van der Waals surface area contributed by atoms with Gasteiger partial charge in [0.15, 0.2) is 0 Å². The van der Waals surface area contributed by atoms with Gasteiger partial charge in [-0.1, -0.05) is 33.1 Å². The monoisotopic (exact) mass is 238 g/mol. The quantitative estimate of drug-likeness (QED) is 0.816. The molecule has 1 heterocycles. The van der Waals surface area contributed by atoms with E-state index in [-0.39, 0.29) is 0 Å². The molecular weight excluding hydrogens is 208 g/mol. The molecule has 1 aliphatic heterocycles. The van der Waals surface area contributed by atoms with E-state index in [2.05, 4.69) is 18.7 Å². The lowest BCUT2D eigenvalue weighted by molar-refractivity contribution is 0.0562. The van der Waals surface area contributed by atoms with Crippen LogP contribution in [0.25, 0.3) is 0 Å². The van der Waals surface area contributed by atoms with E-state index in [4.69, 9.17) is 5.73 Å². The van der Waals surface area contributed by atoms with Crippen LogP contribution in [0.2, 0.25) is 0 Å². The third kappa shape index (κ3) is 2.85. The van der Waals surface area contributed by atoms with Crippen molar-refractivity contribution in [1.29, 1.82) is 0 Å². The van der Waals surface area contributed by atoms with Gasteiger partial charge in [-0.05, 0) is 44.1 Å². The van der Waals surface area contributed by atoms with Crippen molar-refractivity contribution in [1.82, 2.24) is 4.90 Å². The number of nitrogens with zero attached hydrogens (tertiary/aromatic N) is 1. The molecule has 0 bridgehead atoms. The molecule has 100 valence electrons. The Morgan fingerprint density at radius 3 is 2.82 bits per heavy atom. The molecule has 0 radical (unpaired) electrons. The zero-order valence-electron chi connectivity index (χ0n) is 11.8. The lowest BCUT2D eigenvalue weighted by Crippen LogP contribution is -2.55. The maximum absolute atomic E-state index is 6.16. The molecule has 3 atom stereocenters. The number of rotatable bonds is 4. The molecule has 0 aromatic rings. The van der Waals surface area contributed by atoms with Crippen molar-refractivity contribution in [3.63, 3.8) is 0 Å². The smallest absolute Gasteiger partial charge is 0.0334 e. The molecular formula is C15H30N2. The van der Waals surface area contributed by atoms with Crippen LogP contribution in [0.1, 0.15) is 58.8 Å². The molecule has 0 aromatic carbocycles. The van der Waals surface area contributed by atoms with Crippen molar-refractivity contribution in [2.45, 2.75) is 64.3 Å². The summed E-state index contributed by atoms with van der Waals surface area (Å²) < 4.78 is 0. The molecule has 0 amide bonds. The minimum absolute atomic E-state index is 0.361. The van der Waals surface area contributed by atoms with E-state index in [0.29, 0.717) is 5.54 Å². The zero-order chi connectivity index (χ0) is 12.3. The van der Waals surface area contributed by atoms with Gasteiger partial charge in [-0.2, -0.15) is 0 Å².